The maximum Gasteiger partial charge on any atom is 0.319 e. The van der Waals surface area contributed by atoms with Crippen LogP contribution < -0.4 is 10.6 Å². The summed E-state index contributed by atoms with van der Waals surface area (Å²) in [5.41, 5.74) is 3.32. The summed E-state index contributed by atoms with van der Waals surface area (Å²) in [6.45, 7) is 2.61. The van der Waals surface area contributed by atoms with Crippen LogP contribution in [-0.4, -0.2) is 38.4 Å². The van der Waals surface area contributed by atoms with Crippen molar-refractivity contribution in [1.82, 2.24) is 25.1 Å². The predicted octanol–water partition coefficient (Wildman–Crippen LogP) is 2.71. The number of carbonyl (C=O) groups is 1. The lowest BCUT2D eigenvalue weighted by Crippen LogP contribution is -2.44. The van der Waals surface area contributed by atoms with Crippen LogP contribution in [0.1, 0.15) is 30.2 Å². The van der Waals surface area contributed by atoms with Crippen LogP contribution in [0.25, 0.3) is 11.0 Å². The van der Waals surface area contributed by atoms with E-state index in [4.69, 9.17) is 4.74 Å². The van der Waals surface area contributed by atoms with Crippen molar-refractivity contribution in [3.8, 4) is 0 Å². The molecule has 4 rings (SSSR count). The molecule has 4 heterocycles. The van der Waals surface area contributed by atoms with E-state index in [1.54, 1.807) is 23.3 Å². The Morgan fingerprint density at radius 2 is 2.15 bits per heavy atom. The minimum atomic E-state index is -0.271. The van der Waals surface area contributed by atoms with Gasteiger partial charge in [-0.1, -0.05) is 0 Å². The highest BCUT2D eigenvalue weighted by Crippen LogP contribution is 2.28. The van der Waals surface area contributed by atoms with Crippen molar-refractivity contribution in [1.29, 1.82) is 0 Å². The number of hydrogen-bond acceptors (Lipinski definition) is 5. The van der Waals surface area contributed by atoms with E-state index in [0.29, 0.717) is 12.3 Å². The smallest absolute Gasteiger partial charge is 0.319 e. The molecule has 140 valence electrons. The second kappa shape index (κ2) is 7.32. The summed E-state index contributed by atoms with van der Waals surface area (Å²) in [6.07, 6.45) is 6.71. The first kappa shape index (κ1) is 17.4. The second-order valence-electron chi connectivity index (χ2n) is 6.72. The molecule has 1 aliphatic rings. The molecule has 0 saturated carbocycles. The van der Waals surface area contributed by atoms with Crippen molar-refractivity contribution >= 4 is 22.8 Å². The Morgan fingerprint density at radius 1 is 1.33 bits per heavy atom. The number of amides is 2. The molecule has 0 aromatic carbocycles. The predicted molar refractivity (Wildman–Crippen MR) is 101 cm³/mol. The molecule has 27 heavy (non-hydrogen) atoms. The largest absolute Gasteiger partial charge is 0.371 e. The Bertz CT molecular complexity index is 955. The summed E-state index contributed by atoms with van der Waals surface area (Å²) in [5.74, 6) is 0. The number of carbonyl (C=O) groups excluding carboxylic acids is 1. The first-order chi connectivity index (χ1) is 13.1. The summed E-state index contributed by atoms with van der Waals surface area (Å²) in [5, 5.41) is 11.2. The second-order valence-corrected chi connectivity index (χ2v) is 6.72. The van der Waals surface area contributed by atoms with Gasteiger partial charge >= 0.3 is 6.03 Å². The Morgan fingerprint density at radius 3 is 2.96 bits per heavy atom. The monoisotopic (exact) mass is 366 g/mol. The SMILES string of the molecule is Cc1nn(C)c2ncc(NC(=O)N[C@H]3CCCO[C@@H]3c3ccncc3)cc12. The number of anilines is 1. The Hall–Kier alpha value is -3.00. The molecule has 3 aromatic rings. The minimum Gasteiger partial charge on any atom is -0.371 e. The van der Waals surface area contributed by atoms with E-state index < -0.39 is 0 Å². The molecule has 2 N–H and O–H groups in total. The van der Waals surface area contributed by atoms with E-state index in [9.17, 15) is 4.79 Å². The Balaban J connectivity index is 1.47. The molecule has 0 bridgehead atoms. The number of pyridine rings is 2. The molecular formula is C19H22N6O2. The van der Waals surface area contributed by atoms with Gasteiger partial charge in [-0.25, -0.2) is 9.78 Å². The molecule has 1 fully saturated rings. The quantitative estimate of drug-likeness (QED) is 0.743. The zero-order chi connectivity index (χ0) is 18.8. The van der Waals surface area contributed by atoms with Gasteiger partial charge in [-0.05, 0) is 43.5 Å². The normalized spacial score (nSPS) is 19.8. The lowest BCUT2D eigenvalue weighted by atomic mass is 9.97. The molecule has 2 amide bonds. The number of ether oxygens (including phenoxy) is 1. The van der Waals surface area contributed by atoms with Crippen LogP contribution in [0.3, 0.4) is 0 Å². The van der Waals surface area contributed by atoms with Gasteiger partial charge in [0.2, 0.25) is 0 Å². The summed E-state index contributed by atoms with van der Waals surface area (Å²) in [6, 6.07) is 5.37. The van der Waals surface area contributed by atoms with Crippen LogP contribution in [0.15, 0.2) is 36.8 Å². The highest BCUT2D eigenvalue weighted by atomic mass is 16.5. The van der Waals surface area contributed by atoms with E-state index in [1.807, 2.05) is 32.2 Å². The molecule has 0 spiro atoms. The third kappa shape index (κ3) is 3.61. The van der Waals surface area contributed by atoms with E-state index in [-0.39, 0.29) is 18.2 Å². The molecule has 0 aliphatic carbocycles. The number of hydrogen-bond donors (Lipinski definition) is 2. The van der Waals surface area contributed by atoms with Gasteiger partial charge in [-0.3, -0.25) is 9.67 Å². The number of nitrogens with zero attached hydrogens (tertiary/aromatic N) is 4. The standard InChI is InChI=1S/C19H22N6O2/c1-12-15-10-14(11-21-18(15)25(2)24-12)22-19(26)23-16-4-3-9-27-17(16)13-5-7-20-8-6-13/h5-8,10-11,16-17H,3-4,9H2,1-2H3,(H2,22,23,26)/t16-,17+/m0/s1. The maximum absolute atomic E-state index is 12.5. The van der Waals surface area contributed by atoms with Gasteiger partial charge in [-0.2, -0.15) is 5.10 Å². The zero-order valence-electron chi connectivity index (χ0n) is 15.3. The molecule has 0 radical (unpaired) electrons. The molecule has 8 nitrogen and oxygen atoms in total. The van der Waals surface area contributed by atoms with Crippen LogP contribution in [0.5, 0.6) is 0 Å². The van der Waals surface area contributed by atoms with Crippen molar-refractivity contribution in [3.63, 3.8) is 0 Å². The number of rotatable bonds is 3. The van der Waals surface area contributed by atoms with Crippen LogP contribution in [0, 0.1) is 6.92 Å². The topological polar surface area (TPSA) is 94.0 Å². The van der Waals surface area contributed by atoms with Gasteiger partial charge in [0.25, 0.3) is 0 Å². The molecule has 1 aliphatic heterocycles. The highest BCUT2D eigenvalue weighted by Gasteiger charge is 2.28. The van der Waals surface area contributed by atoms with E-state index in [0.717, 1.165) is 35.1 Å². The van der Waals surface area contributed by atoms with Crippen LogP contribution in [0.4, 0.5) is 10.5 Å². The average Bonchev–Trinajstić information content (AvgIpc) is 2.96. The van der Waals surface area contributed by atoms with Crippen molar-refractivity contribution in [2.24, 2.45) is 7.05 Å². The molecule has 2 atom stereocenters. The van der Waals surface area contributed by atoms with Crippen LogP contribution in [-0.2, 0) is 11.8 Å². The van der Waals surface area contributed by atoms with Crippen molar-refractivity contribution in [2.75, 3.05) is 11.9 Å². The molecular weight excluding hydrogens is 344 g/mol. The fraction of sp³-hybridized carbons (Fsp3) is 0.368. The molecule has 0 unspecified atom stereocenters. The number of aryl methyl sites for hydroxylation is 2. The summed E-state index contributed by atoms with van der Waals surface area (Å²) in [7, 11) is 1.85. The third-order valence-electron chi connectivity index (χ3n) is 4.79. The van der Waals surface area contributed by atoms with Gasteiger partial charge in [0.15, 0.2) is 5.65 Å². The lowest BCUT2D eigenvalue weighted by Gasteiger charge is -2.32. The van der Waals surface area contributed by atoms with E-state index in [2.05, 4.69) is 25.7 Å². The van der Waals surface area contributed by atoms with E-state index in [1.165, 1.54) is 0 Å². The summed E-state index contributed by atoms with van der Waals surface area (Å²) < 4.78 is 7.64. The zero-order valence-corrected chi connectivity index (χ0v) is 15.3. The minimum absolute atomic E-state index is 0.0991. The van der Waals surface area contributed by atoms with Gasteiger partial charge in [0, 0.05) is 31.4 Å². The summed E-state index contributed by atoms with van der Waals surface area (Å²) in [4.78, 5) is 21.0. The Kier molecular flexibility index (Phi) is 4.72. The van der Waals surface area contributed by atoms with Gasteiger partial charge in [0.05, 0.1) is 23.6 Å². The van der Waals surface area contributed by atoms with Gasteiger partial charge < -0.3 is 15.4 Å². The fourth-order valence-corrected chi connectivity index (χ4v) is 3.52. The van der Waals surface area contributed by atoms with Crippen molar-refractivity contribution < 1.29 is 9.53 Å². The van der Waals surface area contributed by atoms with Crippen LogP contribution >= 0.6 is 0 Å². The first-order valence-electron chi connectivity index (χ1n) is 9.00. The average molecular weight is 366 g/mol. The maximum atomic E-state index is 12.5. The highest BCUT2D eigenvalue weighted by molar-refractivity contribution is 5.92. The first-order valence-corrected chi connectivity index (χ1v) is 9.00. The van der Waals surface area contributed by atoms with Crippen LogP contribution in [0.2, 0.25) is 0 Å². The summed E-state index contributed by atoms with van der Waals surface area (Å²) >= 11 is 0. The number of aromatic nitrogens is 4. The molecule has 8 heteroatoms. The number of urea groups is 1. The van der Waals surface area contributed by atoms with Crippen molar-refractivity contribution in [3.05, 3.63) is 48.0 Å². The Labute approximate surface area is 157 Å². The molecule has 3 aromatic heterocycles. The number of fused-ring (bicyclic) bond motifs is 1. The third-order valence-corrected chi connectivity index (χ3v) is 4.79. The fourth-order valence-electron chi connectivity index (χ4n) is 3.52. The van der Waals surface area contributed by atoms with E-state index >= 15 is 0 Å². The lowest BCUT2D eigenvalue weighted by molar-refractivity contribution is -0.00701. The number of nitrogens with one attached hydrogen (secondary N) is 2. The van der Waals surface area contributed by atoms with Gasteiger partial charge in [-0.15, -0.1) is 0 Å². The van der Waals surface area contributed by atoms with Crippen molar-refractivity contribution in [2.45, 2.75) is 31.9 Å². The van der Waals surface area contributed by atoms with Gasteiger partial charge in [0.1, 0.15) is 6.10 Å². The molecule has 1 saturated heterocycles.